The zero-order valence-electron chi connectivity index (χ0n) is 39.0. The van der Waals surface area contributed by atoms with Gasteiger partial charge in [-0.1, -0.05) is 0 Å². The van der Waals surface area contributed by atoms with Gasteiger partial charge in [-0.25, -0.2) is 0 Å². The summed E-state index contributed by atoms with van der Waals surface area (Å²) in [5.74, 6) is 0. The molecule has 0 aliphatic carbocycles. The molecule has 0 aliphatic rings. The van der Waals surface area contributed by atoms with Gasteiger partial charge < -0.3 is 0 Å². The molecule has 0 aromatic rings. The van der Waals surface area contributed by atoms with Gasteiger partial charge in [-0.3, -0.25) is 0 Å². The van der Waals surface area contributed by atoms with Crippen LogP contribution in [0.2, 0.25) is 17.7 Å². The molecule has 0 saturated heterocycles. The summed E-state index contributed by atoms with van der Waals surface area (Å²) >= 11 is -6.62. The van der Waals surface area contributed by atoms with E-state index in [4.69, 9.17) is 13.4 Å². The van der Waals surface area contributed by atoms with Crippen LogP contribution in [0.25, 0.3) is 0 Å². The van der Waals surface area contributed by atoms with Crippen LogP contribution in [0.5, 0.6) is 0 Å². The van der Waals surface area contributed by atoms with Crippen molar-refractivity contribution < 1.29 is 4.49 Å². The van der Waals surface area contributed by atoms with E-state index < -0.39 is 36.9 Å². The van der Waals surface area contributed by atoms with Crippen LogP contribution in [0.4, 0.5) is 0 Å². The van der Waals surface area contributed by atoms with E-state index in [1.807, 2.05) is 0 Å². The van der Waals surface area contributed by atoms with E-state index in [9.17, 15) is 0 Å². The first-order valence-electron chi connectivity index (χ1n) is 26.0. The maximum absolute atomic E-state index is 8.01. The van der Waals surface area contributed by atoms with Gasteiger partial charge in [0.15, 0.2) is 0 Å². The molecule has 0 heterocycles. The van der Waals surface area contributed by atoms with Crippen LogP contribution in [-0.2, 0) is 4.49 Å². The SMILES string of the molecule is CCCCCCCCCCC[CH2][Sn]([Cl])([CH2]CCCCCCCCCCC)[O][Sn]([CH2]CCCCCCCCCCC)([CH2]CCCCCCCCCCC)[O]CC. The second kappa shape index (κ2) is 45.3. The summed E-state index contributed by atoms with van der Waals surface area (Å²) in [5.41, 5.74) is 0. The van der Waals surface area contributed by atoms with E-state index in [-0.39, 0.29) is 0 Å². The molecule has 0 bridgehead atoms. The van der Waals surface area contributed by atoms with Crippen molar-refractivity contribution in [1.29, 1.82) is 0 Å². The van der Waals surface area contributed by atoms with Crippen LogP contribution >= 0.6 is 8.92 Å². The maximum atomic E-state index is 8.01. The average molecular weight is 1010 g/mol. The zero-order chi connectivity index (χ0) is 40.2. The Kier molecular flexibility index (Phi) is 46.8. The summed E-state index contributed by atoms with van der Waals surface area (Å²) in [6.45, 7) is 12.4. The predicted molar refractivity (Wildman–Crippen MR) is 257 cm³/mol. The van der Waals surface area contributed by atoms with E-state index >= 15 is 0 Å². The summed E-state index contributed by atoms with van der Waals surface area (Å²) in [4.78, 5) is 0. The summed E-state index contributed by atoms with van der Waals surface area (Å²) in [7, 11) is 8.01. The van der Waals surface area contributed by atoms with Crippen LogP contribution in [0.15, 0.2) is 0 Å². The fourth-order valence-corrected chi connectivity index (χ4v) is 54.5. The minimum absolute atomic E-state index is 0.834. The summed E-state index contributed by atoms with van der Waals surface area (Å²) in [5, 5.41) is 0. The van der Waals surface area contributed by atoms with Gasteiger partial charge in [0, 0.05) is 0 Å². The average Bonchev–Trinajstić information content (AvgIpc) is 3.18. The van der Waals surface area contributed by atoms with Crippen LogP contribution in [0, 0.1) is 0 Å². The van der Waals surface area contributed by atoms with Crippen molar-refractivity contribution in [3.63, 3.8) is 0 Å². The summed E-state index contributed by atoms with van der Waals surface area (Å²) in [6, 6.07) is 0. The third kappa shape index (κ3) is 39.7. The van der Waals surface area contributed by atoms with Gasteiger partial charge >= 0.3 is 366 Å². The van der Waals surface area contributed by atoms with Crippen LogP contribution in [0.1, 0.15) is 291 Å². The minimum atomic E-state index is -3.32. The van der Waals surface area contributed by atoms with Crippen molar-refractivity contribution >= 4 is 45.8 Å². The monoisotopic (exact) mass is 1010 g/mol. The Hall–Kier alpha value is 1.81. The third-order valence-electron chi connectivity index (χ3n) is 12.4. The standard InChI is InChI=1S/4C12H25.C2H5O.ClH.O.2Sn/c4*1-3-5-7-9-11-12-10-8-6-4-2;1-2-3;;;;/h4*1,3-12H2,2H3;2H2,1H3;1H;;;/q;;;;-1;;;2*+1/p-1. The molecule has 0 spiro atoms. The van der Waals surface area contributed by atoms with Gasteiger partial charge in [0.25, 0.3) is 0 Å². The molecule has 0 N–H and O–H groups in total. The van der Waals surface area contributed by atoms with E-state index in [2.05, 4.69) is 34.6 Å². The van der Waals surface area contributed by atoms with Crippen molar-refractivity contribution in [2.45, 2.75) is 309 Å². The first kappa shape index (κ1) is 56.8. The number of halogens is 1. The zero-order valence-corrected chi connectivity index (χ0v) is 45.5. The van der Waals surface area contributed by atoms with Gasteiger partial charge in [-0.05, 0) is 0 Å². The molecule has 0 aromatic carbocycles. The Labute approximate surface area is 363 Å². The fraction of sp³-hybridized carbons (Fsp3) is 1.00. The number of unbranched alkanes of at least 4 members (excludes halogenated alkanes) is 36. The molecular formula is C50H105ClO2Sn2. The molecule has 332 valence electrons. The third-order valence-corrected chi connectivity index (χ3v) is 49.6. The Morgan fingerprint density at radius 3 is 0.691 bits per heavy atom. The molecule has 5 heteroatoms. The Balaban J connectivity index is 5.36. The van der Waals surface area contributed by atoms with Crippen molar-refractivity contribution in [3.05, 3.63) is 0 Å². The molecule has 0 amide bonds. The van der Waals surface area contributed by atoms with Gasteiger partial charge in [0.1, 0.15) is 0 Å². The molecule has 2 nitrogen and oxygen atoms in total. The molecule has 0 rings (SSSR count). The normalized spacial score (nSPS) is 12.3. The van der Waals surface area contributed by atoms with Crippen LogP contribution in [0.3, 0.4) is 0 Å². The summed E-state index contributed by atoms with van der Waals surface area (Å²) < 4.78 is 19.8. The molecule has 0 radical (unpaired) electrons. The van der Waals surface area contributed by atoms with E-state index in [0.717, 1.165) is 6.61 Å². The second-order valence-electron chi connectivity index (χ2n) is 18.1. The Bertz CT molecular complexity index is 674. The topological polar surface area (TPSA) is 18.5 Å². The van der Waals surface area contributed by atoms with E-state index in [0.29, 0.717) is 0 Å². The fourth-order valence-electron chi connectivity index (χ4n) is 8.74. The van der Waals surface area contributed by atoms with Gasteiger partial charge in [0.05, 0.1) is 0 Å². The quantitative estimate of drug-likeness (QED) is 0.0447. The molecule has 0 unspecified atom stereocenters. The molecular weight excluding hydrogens is 905 g/mol. The summed E-state index contributed by atoms with van der Waals surface area (Å²) in [6.07, 6.45) is 55.9. The number of hydrogen-bond donors (Lipinski definition) is 0. The van der Waals surface area contributed by atoms with Gasteiger partial charge in [0.2, 0.25) is 0 Å². The van der Waals surface area contributed by atoms with Gasteiger partial charge in [-0.15, -0.1) is 0 Å². The first-order valence-corrected chi connectivity index (χ1v) is 41.2. The van der Waals surface area contributed by atoms with Crippen LogP contribution in [-0.4, -0.2) is 43.5 Å². The van der Waals surface area contributed by atoms with Crippen molar-refractivity contribution in [2.75, 3.05) is 6.61 Å². The van der Waals surface area contributed by atoms with Crippen molar-refractivity contribution in [3.8, 4) is 0 Å². The van der Waals surface area contributed by atoms with E-state index in [1.54, 1.807) is 0 Å². The second-order valence-corrected chi connectivity index (χ2v) is 43.9. The molecule has 0 aliphatic heterocycles. The predicted octanol–water partition coefficient (Wildman–Crippen LogP) is 19.8. The Morgan fingerprint density at radius 1 is 0.273 bits per heavy atom. The molecule has 0 saturated carbocycles. The van der Waals surface area contributed by atoms with Crippen LogP contribution < -0.4 is 0 Å². The van der Waals surface area contributed by atoms with Crippen molar-refractivity contribution in [2.24, 2.45) is 0 Å². The van der Waals surface area contributed by atoms with Gasteiger partial charge in [-0.2, -0.15) is 0 Å². The molecule has 0 aromatic heterocycles. The number of rotatable bonds is 48. The van der Waals surface area contributed by atoms with Crippen molar-refractivity contribution in [1.82, 2.24) is 0 Å². The molecule has 0 fully saturated rings. The molecule has 55 heavy (non-hydrogen) atoms. The molecule has 0 atom stereocenters. The Morgan fingerprint density at radius 2 is 0.473 bits per heavy atom. The first-order chi connectivity index (χ1) is 27.0. The number of hydrogen-bond acceptors (Lipinski definition) is 2. The van der Waals surface area contributed by atoms with E-state index in [1.165, 1.54) is 275 Å².